The van der Waals surface area contributed by atoms with Crippen LogP contribution >= 0.6 is 0 Å². The van der Waals surface area contributed by atoms with E-state index in [0.717, 1.165) is 18.3 Å². The summed E-state index contributed by atoms with van der Waals surface area (Å²) in [6.07, 6.45) is 1.04. The Morgan fingerprint density at radius 2 is 2.29 bits per heavy atom. The van der Waals surface area contributed by atoms with Crippen LogP contribution in [0.5, 0.6) is 5.88 Å². The third-order valence-corrected chi connectivity index (χ3v) is 2.17. The van der Waals surface area contributed by atoms with Crippen LogP contribution in [-0.2, 0) is 11.3 Å². The van der Waals surface area contributed by atoms with Crippen LogP contribution in [0.3, 0.4) is 0 Å². The zero-order valence-corrected chi connectivity index (χ0v) is 10.5. The standard InChI is InChI=1S/C12H19FN2O2/c1-4-14-6-10-5-11(13)7-15-12(10)17-9(2)8-16-3/h5,7,9,14H,4,6,8H2,1-3H3. The van der Waals surface area contributed by atoms with Crippen molar-refractivity contribution in [3.05, 3.63) is 23.6 Å². The Kier molecular flexibility index (Phi) is 5.86. The van der Waals surface area contributed by atoms with Crippen LogP contribution in [0.1, 0.15) is 19.4 Å². The molecule has 0 fully saturated rings. The first kappa shape index (κ1) is 13.9. The first-order valence-electron chi connectivity index (χ1n) is 5.68. The van der Waals surface area contributed by atoms with Crippen LogP contribution in [0.4, 0.5) is 4.39 Å². The highest BCUT2D eigenvalue weighted by Gasteiger charge is 2.10. The first-order valence-corrected chi connectivity index (χ1v) is 5.68. The smallest absolute Gasteiger partial charge is 0.218 e. The third-order valence-electron chi connectivity index (χ3n) is 2.17. The Hall–Kier alpha value is -1.20. The molecule has 1 N–H and O–H groups in total. The van der Waals surface area contributed by atoms with Gasteiger partial charge in [0.2, 0.25) is 5.88 Å². The van der Waals surface area contributed by atoms with Gasteiger partial charge in [0.1, 0.15) is 11.9 Å². The van der Waals surface area contributed by atoms with Gasteiger partial charge in [0, 0.05) is 19.2 Å². The van der Waals surface area contributed by atoms with Crippen LogP contribution in [0, 0.1) is 5.82 Å². The first-order chi connectivity index (χ1) is 8.17. The van der Waals surface area contributed by atoms with Gasteiger partial charge in [0.25, 0.3) is 0 Å². The number of hydrogen-bond acceptors (Lipinski definition) is 4. The summed E-state index contributed by atoms with van der Waals surface area (Å²) < 4.78 is 23.7. The second kappa shape index (κ2) is 7.19. The molecule has 4 nitrogen and oxygen atoms in total. The van der Waals surface area contributed by atoms with Crippen molar-refractivity contribution in [2.24, 2.45) is 0 Å². The number of nitrogens with one attached hydrogen (secondary N) is 1. The summed E-state index contributed by atoms with van der Waals surface area (Å²) in [6, 6.07) is 1.44. The Morgan fingerprint density at radius 1 is 1.53 bits per heavy atom. The van der Waals surface area contributed by atoms with Gasteiger partial charge in [-0.15, -0.1) is 0 Å². The van der Waals surface area contributed by atoms with Crippen molar-refractivity contribution in [1.82, 2.24) is 10.3 Å². The van der Waals surface area contributed by atoms with Crippen LogP contribution in [0.25, 0.3) is 0 Å². The largest absolute Gasteiger partial charge is 0.472 e. The summed E-state index contributed by atoms with van der Waals surface area (Å²) in [6.45, 7) is 5.69. The van der Waals surface area contributed by atoms with Gasteiger partial charge in [-0.25, -0.2) is 9.37 Å². The van der Waals surface area contributed by atoms with Gasteiger partial charge in [-0.05, 0) is 19.5 Å². The van der Waals surface area contributed by atoms with Crippen molar-refractivity contribution in [3.63, 3.8) is 0 Å². The monoisotopic (exact) mass is 242 g/mol. The van der Waals surface area contributed by atoms with Crippen LogP contribution in [0.2, 0.25) is 0 Å². The molecule has 17 heavy (non-hydrogen) atoms. The maximum absolute atomic E-state index is 13.1. The normalized spacial score (nSPS) is 12.5. The van der Waals surface area contributed by atoms with E-state index < -0.39 is 0 Å². The summed E-state index contributed by atoms with van der Waals surface area (Å²) in [5.74, 6) is 0.0987. The molecule has 0 radical (unpaired) electrons. The highest BCUT2D eigenvalue weighted by Crippen LogP contribution is 2.17. The maximum Gasteiger partial charge on any atom is 0.218 e. The Morgan fingerprint density at radius 3 is 2.94 bits per heavy atom. The minimum absolute atomic E-state index is 0.113. The molecule has 0 aromatic carbocycles. The molecule has 0 bridgehead atoms. The molecule has 0 spiro atoms. The van der Waals surface area contributed by atoms with Gasteiger partial charge in [-0.1, -0.05) is 6.92 Å². The molecule has 96 valence electrons. The number of methoxy groups -OCH3 is 1. The van der Waals surface area contributed by atoms with E-state index in [-0.39, 0.29) is 11.9 Å². The fourth-order valence-electron chi connectivity index (χ4n) is 1.42. The Balaban J connectivity index is 2.74. The molecule has 1 rings (SSSR count). The van der Waals surface area contributed by atoms with Gasteiger partial charge in [-0.3, -0.25) is 0 Å². The summed E-state index contributed by atoms with van der Waals surface area (Å²) in [7, 11) is 1.61. The van der Waals surface area contributed by atoms with Gasteiger partial charge < -0.3 is 14.8 Å². The van der Waals surface area contributed by atoms with Gasteiger partial charge in [-0.2, -0.15) is 0 Å². The van der Waals surface area contributed by atoms with E-state index >= 15 is 0 Å². The predicted octanol–water partition coefficient (Wildman–Crippen LogP) is 1.74. The van der Waals surface area contributed by atoms with E-state index in [2.05, 4.69) is 10.3 Å². The summed E-state index contributed by atoms with van der Waals surface area (Å²) in [5.41, 5.74) is 0.717. The van der Waals surface area contributed by atoms with E-state index in [0.29, 0.717) is 19.0 Å². The van der Waals surface area contributed by atoms with E-state index in [1.807, 2.05) is 13.8 Å². The quantitative estimate of drug-likeness (QED) is 0.791. The molecule has 0 saturated heterocycles. The second-order valence-corrected chi connectivity index (χ2v) is 3.78. The van der Waals surface area contributed by atoms with Crippen LogP contribution in [-0.4, -0.2) is 31.3 Å². The number of halogens is 1. The van der Waals surface area contributed by atoms with Crippen LogP contribution < -0.4 is 10.1 Å². The molecule has 5 heteroatoms. The lowest BCUT2D eigenvalue weighted by molar-refractivity contribution is 0.0880. The molecule has 0 saturated carbocycles. The number of hydrogen-bond donors (Lipinski definition) is 1. The van der Waals surface area contributed by atoms with Crippen LogP contribution in [0.15, 0.2) is 12.3 Å². The average Bonchev–Trinajstić information content (AvgIpc) is 2.30. The second-order valence-electron chi connectivity index (χ2n) is 3.78. The molecule has 1 unspecified atom stereocenters. The SMILES string of the molecule is CCNCc1cc(F)cnc1OC(C)COC. The minimum atomic E-state index is -0.357. The van der Waals surface area contributed by atoms with Crippen molar-refractivity contribution in [1.29, 1.82) is 0 Å². The lowest BCUT2D eigenvalue weighted by atomic mass is 10.2. The van der Waals surface area contributed by atoms with E-state index in [9.17, 15) is 4.39 Å². The zero-order chi connectivity index (χ0) is 12.7. The summed E-state index contributed by atoms with van der Waals surface area (Å²) in [4.78, 5) is 3.96. The fourth-order valence-corrected chi connectivity index (χ4v) is 1.42. The molecule has 0 aliphatic rings. The Labute approximate surface area is 101 Å². The zero-order valence-electron chi connectivity index (χ0n) is 10.5. The maximum atomic E-state index is 13.1. The molecule has 1 heterocycles. The number of aromatic nitrogens is 1. The highest BCUT2D eigenvalue weighted by molar-refractivity contribution is 5.26. The van der Waals surface area contributed by atoms with E-state index in [1.165, 1.54) is 6.07 Å². The lowest BCUT2D eigenvalue weighted by Gasteiger charge is -2.15. The Bertz CT molecular complexity index is 347. The average molecular weight is 242 g/mol. The van der Waals surface area contributed by atoms with Gasteiger partial charge in [0.05, 0.1) is 12.8 Å². The van der Waals surface area contributed by atoms with Crippen molar-refractivity contribution >= 4 is 0 Å². The van der Waals surface area contributed by atoms with E-state index in [1.54, 1.807) is 7.11 Å². The topological polar surface area (TPSA) is 43.4 Å². The molecule has 0 aliphatic carbocycles. The number of nitrogens with zero attached hydrogens (tertiary/aromatic N) is 1. The molecule has 1 aromatic rings. The van der Waals surface area contributed by atoms with Gasteiger partial charge >= 0.3 is 0 Å². The number of pyridine rings is 1. The highest BCUT2D eigenvalue weighted by atomic mass is 19.1. The van der Waals surface area contributed by atoms with Gasteiger partial charge in [0.15, 0.2) is 0 Å². The molecule has 0 amide bonds. The van der Waals surface area contributed by atoms with E-state index in [4.69, 9.17) is 9.47 Å². The third kappa shape index (κ3) is 4.66. The van der Waals surface area contributed by atoms with Crippen molar-refractivity contribution < 1.29 is 13.9 Å². The molecular weight excluding hydrogens is 223 g/mol. The predicted molar refractivity (Wildman–Crippen MR) is 63.5 cm³/mol. The molecule has 1 atom stereocenters. The minimum Gasteiger partial charge on any atom is -0.472 e. The molecule has 0 aliphatic heterocycles. The lowest BCUT2D eigenvalue weighted by Crippen LogP contribution is -2.21. The number of ether oxygens (including phenoxy) is 2. The van der Waals surface area contributed by atoms with Crippen molar-refractivity contribution in [2.75, 3.05) is 20.3 Å². The molecule has 1 aromatic heterocycles. The van der Waals surface area contributed by atoms with Crippen molar-refractivity contribution in [3.8, 4) is 5.88 Å². The molecular formula is C12H19FN2O2. The summed E-state index contributed by atoms with van der Waals surface area (Å²) >= 11 is 0. The number of rotatable bonds is 7. The fraction of sp³-hybridized carbons (Fsp3) is 0.583. The summed E-state index contributed by atoms with van der Waals surface area (Å²) in [5, 5.41) is 3.12. The van der Waals surface area contributed by atoms with Crippen molar-refractivity contribution in [2.45, 2.75) is 26.5 Å².